The lowest BCUT2D eigenvalue weighted by atomic mass is 10.1. The molecule has 0 unspecified atom stereocenters. The maximum Gasteiger partial charge on any atom is 0.253 e. The number of carbonyl (C=O) groups is 1. The van der Waals surface area contributed by atoms with Gasteiger partial charge in [-0.1, -0.05) is 24.3 Å². The molecule has 0 saturated heterocycles. The van der Waals surface area contributed by atoms with Gasteiger partial charge in [-0.15, -0.1) is 0 Å². The third kappa shape index (κ3) is 3.67. The van der Waals surface area contributed by atoms with Crippen molar-refractivity contribution in [2.75, 3.05) is 13.7 Å². The Morgan fingerprint density at radius 1 is 1.09 bits per heavy atom. The van der Waals surface area contributed by atoms with Crippen LogP contribution in [-0.2, 0) is 6.54 Å². The van der Waals surface area contributed by atoms with Crippen LogP contribution in [0.4, 0.5) is 0 Å². The smallest absolute Gasteiger partial charge is 0.253 e. The Morgan fingerprint density at radius 2 is 1.82 bits per heavy atom. The number of amides is 1. The fraction of sp³-hybridized carbons (Fsp3) is 0.316. The molecule has 3 heteroatoms. The Bertz CT molecular complexity index is 664. The normalized spacial score (nSPS) is 10.4. The molecule has 2 aromatic carbocycles. The number of nitrogens with zero attached hydrogens (tertiary/aromatic N) is 1. The first-order chi connectivity index (χ1) is 10.5. The third-order valence-corrected chi connectivity index (χ3v) is 3.74. The van der Waals surface area contributed by atoms with Crippen LogP contribution in [0, 0.1) is 13.8 Å². The second-order valence-electron chi connectivity index (χ2n) is 5.50. The minimum Gasteiger partial charge on any atom is -0.494 e. The average Bonchev–Trinajstić information content (AvgIpc) is 2.51. The molecule has 2 rings (SSSR count). The number of aryl methyl sites for hydroxylation is 2. The number of hydrogen-bond donors (Lipinski definition) is 0. The van der Waals surface area contributed by atoms with Crippen LogP contribution in [-0.4, -0.2) is 24.5 Å². The highest BCUT2D eigenvalue weighted by molar-refractivity contribution is 5.94. The summed E-state index contributed by atoms with van der Waals surface area (Å²) in [5.74, 6) is 0.856. The summed E-state index contributed by atoms with van der Waals surface area (Å²) in [6.07, 6.45) is 0. The predicted octanol–water partition coefficient (Wildman–Crippen LogP) is 3.97. The fourth-order valence-electron chi connectivity index (χ4n) is 2.44. The van der Waals surface area contributed by atoms with Gasteiger partial charge in [0.15, 0.2) is 0 Å². The molecular weight excluding hydrogens is 274 g/mol. The SMILES string of the molecule is CCOc1ccc(C(=O)N(C)Cc2ccccc2C)cc1C. The first-order valence-electron chi connectivity index (χ1n) is 7.56. The van der Waals surface area contributed by atoms with E-state index in [9.17, 15) is 4.79 Å². The van der Waals surface area contributed by atoms with Crippen LogP contribution in [0.1, 0.15) is 34.0 Å². The van der Waals surface area contributed by atoms with Crippen molar-refractivity contribution in [1.82, 2.24) is 4.90 Å². The molecule has 0 spiro atoms. The van der Waals surface area contributed by atoms with Crippen molar-refractivity contribution < 1.29 is 9.53 Å². The minimum absolute atomic E-state index is 0.0226. The maximum absolute atomic E-state index is 12.6. The summed E-state index contributed by atoms with van der Waals surface area (Å²) in [5.41, 5.74) is 4.04. The summed E-state index contributed by atoms with van der Waals surface area (Å²) in [5, 5.41) is 0. The van der Waals surface area contributed by atoms with Gasteiger partial charge < -0.3 is 9.64 Å². The van der Waals surface area contributed by atoms with Gasteiger partial charge in [0.2, 0.25) is 0 Å². The molecule has 1 amide bonds. The second-order valence-corrected chi connectivity index (χ2v) is 5.50. The molecule has 0 atom stereocenters. The van der Waals surface area contributed by atoms with Gasteiger partial charge in [-0.25, -0.2) is 0 Å². The molecule has 0 N–H and O–H groups in total. The van der Waals surface area contributed by atoms with Gasteiger partial charge >= 0.3 is 0 Å². The highest BCUT2D eigenvalue weighted by Crippen LogP contribution is 2.20. The largest absolute Gasteiger partial charge is 0.494 e. The van der Waals surface area contributed by atoms with E-state index in [0.29, 0.717) is 18.7 Å². The number of rotatable bonds is 5. The molecule has 0 aliphatic heterocycles. The first kappa shape index (κ1) is 16.1. The van der Waals surface area contributed by atoms with E-state index in [4.69, 9.17) is 4.74 Å². The Labute approximate surface area is 132 Å². The number of ether oxygens (including phenoxy) is 1. The van der Waals surface area contributed by atoms with Gasteiger partial charge in [0.05, 0.1) is 6.61 Å². The molecule has 0 radical (unpaired) electrons. The Balaban J connectivity index is 2.14. The lowest BCUT2D eigenvalue weighted by Gasteiger charge is -2.19. The van der Waals surface area contributed by atoms with Crippen molar-refractivity contribution in [1.29, 1.82) is 0 Å². The highest BCUT2D eigenvalue weighted by atomic mass is 16.5. The molecule has 0 aliphatic rings. The number of benzene rings is 2. The van der Waals surface area contributed by atoms with Crippen molar-refractivity contribution in [2.45, 2.75) is 27.3 Å². The molecule has 2 aromatic rings. The maximum atomic E-state index is 12.6. The van der Waals surface area contributed by atoms with E-state index in [1.807, 2.05) is 51.2 Å². The van der Waals surface area contributed by atoms with Crippen LogP contribution in [0.2, 0.25) is 0 Å². The second kappa shape index (κ2) is 7.12. The van der Waals surface area contributed by atoms with Crippen molar-refractivity contribution >= 4 is 5.91 Å². The molecule has 0 aliphatic carbocycles. The van der Waals surface area contributed by atoms with Crippen LogP contribution in [0.25, 0.3) is 0 Å². The van der Waals surface area contributed by atoms with Crippen molar-refractivity contribution in [3.05, 3.63) is 64.7 Å². The zero-order chi connectivity index (χ0) is 16.1. The van der Waals surface area contributed by atoms with Crippen molar-refractivity contribution in [3.8, 4) is 5.75 Å². The van der Waals surface area contributed by atoms with Gasteiger partial charge in [-0.3, -0.25) is 4.79 Å². The van der Waals surface area contributed by atoms with Gasteiger partial charge in [0, 0.05) is 19.2 Å². The van der Waals surface area contributed by atoms with Crippen molar-refractivity contribution in [3.63, 3.8) is 0 Å². The highest BCUT2D eigenvalue weighted by Gasteiger charge is 2.14. The molecular formula is C19H23NO2. The lowest BCUT2D eigenvalue weighted by Crippen LogP contribution is -2.26. The van der Waals surface area contributed by atoms with Crippen LogP contribution < -0.4 is 4.74 Å². The molecule has 22 heavy (non-hydrogen) atoms. The van der Waals surface area contributed by atoms with E-state index in [2.05, 4.69) is 19.1 Å². The standard InChI is InChI=1S/C19H23NO2/c1-5-22-18-11-10-16(12-15(18)3)19(21)20(4)13-17-9-7-6-8-14(17)2/h6-12H,5,13H2,1-4H3. The quantitative estimate of drug-likeness (QED) is 0.835. The van der Waals surface area contributed by atoms with Gasteiger partial charge in [-0.05, 0) is 55.7 Å². The Kier molecular flexibility index (Phi) is 5.21. The predicted molar refractivity (Wildman–Crippen MR) is 89.3 cm³/mol. The van der Waals surface area contributed by atoms with Gasteiger partial charge in [-0.2, -0.15) is 0 Å². The Morgan fingerprint density at radius 3 is 2.45 bits per heavy atom. The molecule has 3 nitrogen and oxygen atoms in total. The monoisotopic (exact) mass is 297 g/mol. The van der Waals surface area contributed by atoms with Gasteiger partial charge in [0.25, 0.3) is 5.91 Å². The average molecular weight is 297 g/mol. The first-order valence-corrected chi connectivity index (χ1v) is 7.56. The zero-order valence-electron chi connectivity index (χ0n) is 13.7. The van der Waals surface area contributed by atoms with E-state index < -0.39 is 0 Å². The lowest BCUT2D eigenvalue weighted by molar-refractivity contribution is 0.0785. The summed E-state index contributed by atoms with van der Waals surface area (Å²) in [4.78, 5) is 14.3. The van der Waals surface area contributed by atoms with Gasteiger partial charge in [0.1, 0.15) is 5.75 Å². The Hall–Kier alpha value is -2.29. The molecule has 116 valence electrons. The summed E-state index contributed by atoms with van der Waals surface area (Å²) in [6.45, 7) is 7.21. The minimum atomic E-state index is 0.0226. The van der Waals surface area contributed by atoms with Crippen LogP contribution in [0.3, 0.4) is 0 Å². The van der Waals surface area contributed by atoms with Crippen LogP contribution >= 0.6 is 0 Å². The fourth-order valence-corrected chi connectivity index (χ4v) is 2.44. The summed E-state index contributed by atoms with van der Waals surface area (Å²) >= 11 is 0. The van der Waals surface area contributed by atoms with Crippen LogP contribution in [0.5, 0.6) is 5.75 Å². The van der Waals surface area contributed by atoms with Crippen molar-refractivity contribution in [2.24, 2.45) is 0 Å². The summed E-state index contributed by atoms with van der Waals surface area (Å²) in [6, 6.07) is 13.7. The molecule has 0 fully saturated rings. The van der Waals surface area contributed by atoms with E-state index >= 15 is 0 Å². The number of hydrogen-bond acceptors (Lipinski definition) is 2. The van der Waals surface area contributed by atoms with E-state index in [0.717, 1.165) is 11.3 Å². The van der Waals surface area contributed by atoms with E-state index in [1.165, 1.54) is 11.1 Å². The molecule has 0 bridgehead atoms. The summed E-state index contributed by atoms with van der Waals surface area (Å²) < 4.78 is 5.52. The number of carbonyl (C=O) groups excluding carboxylic acids is 1. The third-order valence-electron chi connectivity index (χ3n) is 3.74. The topological polar surface area (TPSA) is 29.5 Å². The molecule has 0 saturated carbocycles. The molecule has 0 heterocycles. The molecule has 0 aromatic heterocycles. The zero-order valence-corrected chi connectivity index (χ0v) is 13.7. The summed E-state index contributed by atoms with van der Waals surface area (Å²) in [7, 11) is 1.83. The van der Waals surface area contributed by atoms with E-state index in [-0.39, 0.29) is 5.91 Å². The van der Waals surface area contributed by atoms with Crippen LogP contribution in [0.15, 0.2) is 42.5 Å². The van der Waals surface area contributed by atoms with E-state index in [1.54, 1.807) is 4.90 Å².